The highest BCUT2D eigenvalue weighted by Gasteiger charge is 2.09. The molecule has 0 saturated heterocycles. The topological polar surface area (TPSA) is 86.4 Å². The van der Waals surface area contributed by atoms with Gasteiger partial charge in [-0.3, -0.25) is 0 Å². The number of thioether (sulfide) groups is 1. The van der Waals surface area contributed by atoms with Gasteiger partial charge in [-0.2, -0.15) is 5.10 Å². The summed E-state index contributed by atoms with van der Waals surface area (Å²) >= 11 is 7.31. The molecule has 1 heterocycles. The number of nitrogens with zero attached hydrogens (tertiary/aromatic N) is 3. The maximum absolute atomic E-state index is 12.5. The number of aliphatic carboxylic acids is 1. The van der Waals surface area contributed by atoms with Gasteiger partial charge in [-0.25, -0.2) is 18.8 Å². The second kappa shape index (κ2) is 8.32. The molecule has 0 aliphatic heterocycles. The first-order valence-electron chi connectivity index (χ1n) is 7.92. The molecule has 0 amide bonds. The van der Waals surface area contributed by atoms with Crippen molar-refractivity contribution in [2.45, 2.75) is 17.7 Å². The Bertz CT molecular complexity index is 1010. The van der Waals surface area contributed by atoms with Crippen molar-refractivity contribution in [1.82, 2.24) is 14.3 Å². The fourth-order valence-corrected chi connectivity index (χ4v) is 3.35. The van der Waals surface area contributed by atoms with E-state index in [1.807, 2.05) is 19.1 Å². The Morgan fingerprint density at radius 1 is 1.26 bits per heavy atom. The predicted octanol–water partition coefficient (Wildman–Crippen LogP) is 3.21. The minimum atomic E-state index is -1.02. The van der Waals surface area contributed by atoms with E-state index in [4.69, 9.17) is 21.4 Å². The second-order valence-electron chi connectivity index (χ2n) is 5.64. The van der Waals surface area contributed by atoms with Gasteiger partial charge in [0.05, 0.1) is 11.6 Å². The lowest BCUT2D eigenvalue weighted by atomic mass is 10.2. The summed E-state index contributed by atoms with van der Waals surface area (Å²) in [6, 6.07) is 12.3. The third kappa shape index (κ3) is 4.72. The summed E-state index contributed by atoms with van der Waals surface area (Å²) in [5, 5.41) is 13.4. The molecule has 3 rings (SSSR count). The quantitative estimate of drug-likeness (QED) is 0.607. The molecule has 0 atom stereocenters. The first kappa shape index (κ1) is 19.1. The van der Waals surface area contributed by atoms with Gasteiger partial charge in [-0.1, -0.05) is 11.6 Å². The number of carboxylic acids is 1. The summed E-state index contributed by atoms with van der Waals surface area (Å²) in [4.78, 5) is 24.0. The van der Waals surface area contributed by atoms with E-state index in [2.05, 4.69) is 5.10 Å². The number of ether oxygens (including phenoxy) is 1. The number of hydrogen-bond acceptors (Lipinski definition) is 5. The van der Waals surface area contributed by atoms with Crippen LogP contribution in [0.2, 0.25) is 5.02 Å². The van der Waals surface area contributed by atoms with Crippen LogP contribution in [0.1, 0.15) is 5.56 Å². The molecule has 0 aliphatic carbocycles. The van der Waals surface area contributed by atoms with E-state index in [9.17, 15) is 9.59 Å². The summed E-state index contributed by atoms with van der Waals surface area (Å²) in [7, 11) is 0. The van der Waals surface area contributed by atoms with Crippen LogP contribution in [0.15, 0.2) is 58.5 Å². The Morgan fingerprint density at radius 3 is 2.67 bits per heavy atom. The van der Waals surface area contributed by atoms with Crippen LogP contribution in [0, 0.1) is 6.92 Å². The van der Waals surface area contributed by atoms with E-state index in [0.29, 0.717) is 22.3 Å². The van der Waals surface area contributed by atoms with Gasteiger partial charge in [0.1, 0.15) is 12.1 Å². The molecule has 0 bridgehead atoms. The van der Waals surface area contributed by atoms with Crippen molar-refractivity contribution in [1.29, 1.82) is 0 Å². The zero-order valence-electron chi connectivity index (χ0n) is 14.3. The van der Waals surface area contributed by atoms with Crippen molar-refractivity contribution in [3.8, 4) is 11.4 Å². The molecule has 0 aliphatic rings. The van der Waals surface area contributed by atoms with E-state index < -0.39 is 5.97 Å². The van der Waals surface area contributed by atoms with Gasteiger partial charge in [-0.05, 0) is 55.0 Å². The monoisotopic (exact) mass is 405 g/mol. The molecule has 0 fully saturated rings. The molecule has 9 heteroatoms. The molecule has 0 saturated carbocycles. The summed E-state index contributed by atoms with van der Waals surface area (Å²) in [5.41, 5.74) is 1.26. The first-order chi connectivity index (χ1) is 12.9. The Kier molecular flexibility index (Phi) is 5.88. The summed E-state index contributed by atoms with van der Waals surface area (Å²) in [6.07, 6.45) is 1.47. The van der Waals surface area contributed by atoms with Crippen molar-refractivity contribution >= 4 is 29.3 Å². The molecule has 3 aromatic rings. The van der Waals surface area contributed by atoms with E-state index in [0.717, 1.165) is 10.5 Å². The lowest BCUT2D eigenvalue weighted by molar-refractivity contribution is -0.139. The van der Waals surface area contributed by atoms with E-state index in [1.54, 1.807) is 30.3 Å². The number of hydrogen-bond donors (Lipinski definition) is 1. The molecule has 0 unspecified atom stereocenters. The van der Waals surface area contributed by atoms with E-state index in [-0.39, 0.29) is 12.3 Å². The van der Waals surface area contributed by atoms with Gasteiger partial charge in [-0.15, -0.1) is 11.8 Å². The normalized spacial score (nSPS) is 10.7. The molecule has 7 nitrogen and oxygen atoms in total. The molecule has 1 aromatic heterocycles. The third-order valence-electron chi connectivity index (χ3n) is 3.69. The Morgan fingerprint density at radius 2 is 2.00 bits per heavy atom. The van der Waals surface area contributed by atoms with Gasteiger partial charge >= 0.3 is 11.7 Å². The lowest BCUT2D eigenvalue weighted by Gasteiger charge is -2.08. The van der Waals surface area contributed by atoms with Crippen LogP contribution in [-0.4, -0.2) is 32.0 Å². The highest BCUT2D eigenvalue weighted by molar-refractivity contribution is 7.98. The average Bonchev–Trinajstić information content (AvgIpc) is 3.00. The minimum absolute atomic E-state index is 0.247. The van der Waals surface area contributed by atoms with Crippen molar-refractivity contribution in [2.75, 3.05) is 6.61 Å². The smallest absolute Gasteiger partial charge is 0.351 e. The molecule has 27 heavy (non-hydrogen) atoms. The molecule has 140 valence electrons. The van der Waals surface area contributed by atoms with Crippen molar-refractivity contribution in [3.63, 3.8) is 0 Å². The van der Waals surface area contributed by atoms with Gasteiger partial charge < -0.3 is 9.84 Å². The molecule has 2 aromatic carbocycles. The van der Waals surface area contributed by atoms with Crippen molar-refractivity contribution < 1.29 is 14.6 Å². The van der Waals surface area contributed by atoms with Crippen molar-refractivity contribution in [3.05, 3.63) is 69.9 Å². The van der Waals surface area contributed by atoms with Gasteiger partial charge in [0.25, 0.3) is 0 Å². The summed E-state index contributed by atoms with van der Waals surface area (Å²) in [5.74, 6) is -0.164. The van der Waals surface area contributed by atoms with E-state index >= 15 is 0 Å². The van der Waals surface area contributed by atoms with Crippen LogP contribution in [0.5, 0.6) is 5.75 Å². The zero-order valence-corrected chi connectivity index (χ0v) is 15.9. The standard InChI is InChI=1S/C18H16ClN3O4S/c1-12-8-15(6-7-16(12)26-9-17(23)24)27-11-22-18(25)21(10-20-22)14-4-2-13(19)3-5-14/h2-8,10H,9,11H2,1H3,(H,23,24). The number of halogens is 1. The average molecular weight is 406 g/mol. The van der Waals surface area contributed by atoms with Crippen LogP contribution in [0.25, 0.3) is 5.69 Å². The number of carboxylic acid groups (broad SMARTS) is 1. The second-order valence-corrected chi connectivity index (χ2v) is 7.10. The third-order valence-corrected chi connectivity index (χ3v) is 4.90. The number of benzene rings is 2. The van der Waals surface area contributed by atoms with Crippen LogP contribution >= 0.6 is 23.4 Å². The van der Waals surface area contributed by atoms with Crippen LogP contribution in [-0.2, 0) is 10.7 Å². The Hall–Kier alpha value is -2.71. The highest BCUT2D eigenvalue weighted by atomic mass is 35.5. The highest BCUT2D eigenvalue weighted by Crippen LogP contribution is 2.26. The van der Waals surface area contributed by atoms with Crippen LogP contribution < -0.4 is 10.4 Å². The van der Waals surface area contributed by atoms with Gasteiger partial charge in [0.15, 0.2) is 6.61 Å². The van der Waals surface area contributed by atoms with E-state index in [1.165, 1.54) is 27.3 Å². The van der Waals surface area contributed by atoms with Gasteiger partial charge in [0.2, 0.25) is 0 Å². The molecule has 1 N–H and O–H groups in total. The number of rotatable bonds is 7. The largest absolute Gasteiger partial charge is 0.482 e. The number of carbonyl (C=O) groups is 1. The zero-order chi connectivity index (χ0) is 19.4. The fraction of sp³-hybridized carbons (Fsp3) is 0.167. The van der Waals surface area contributed by atoms with Crippen LogP contribution in [0.4, 0.5) is 0 Å². The van der Waals surface area contributed by atoms with Crippen molar-refractivity contribution in [2.24, 2.45) is 0 Å². The SMILES string of the molecule is Cc1cc(SCn2ncn(-c3ccc(Cl)cc3)c2=O)ccc1OCC(=O)O. The van der Waals surface area contributed by atoms with Crippen LogP contribution in [0.3, 0.4) is 0 Å². The minimum Gasteiger partial charge on any atom is -0.482 e. The predicted molar refractivity (Wildman–Crippen MR) is 103 cm³/mol. The fourth-order valence-electron chi connectivity index (χ4n) is 2.35. The summed E-state index contributed by atoms with van der Waals surface area (Å²) < 4.78 is 8.02. The Balaban J connectivity index is 1.68. The summed E-state index contributed by atoms with van der Waals surface area (Å²) in [6.45, 7) is 1.45. The number of aryl methyl sites for hydroxylation is 1. The molecular weight excluding hydrogens is 390 g/mol. The first-order valence-corrected chi connectivity index (χ1v) is 9.29. The number of aromatic nitrogens is 3. The Labute approximate surface area is 164 Å². The lowest BCUT2D eigenvalue weighted by Crippen LogP contribution is -2.23. The maximum Gasteiger partial charge on any atom is 0.351 e. The molecular formula is C18H16ClN3O4S. The molecule has 0 spiro atoms. The van der Waals surface area contributed by atoms with Gasteiger partial charge in [0, 0.05) is 9.92 Å². The maximum atomic E-state index is 12.5. The molecule has 0 radical (unpaired) electrons.